The Hall–Kier alpha value is -1.81. The lowest BCUT2D eigenvalue weighted by molar-refractivity contribution is -0.122. The van der Waals surface area contributed by atoms with Crippen molar-refractivity contribution in [2.45, 2.75) is 32.7 Å². The summed E-state index contributed by atoms with van der Waals surface area (Å²) in [4.78, 5) is 13.1. The summed E-state index contributed by atoms with van der Waals surface area (Å²) in [7, 11) is 0. The number of rotatable bonds is 7. The molecular weight excluding hydrogens is 282 g/mol. The number of carbonyl (C=O) groups excluding carboxylic acids is 1. The zero-order valence-corrected chi connectivity index (χ0v) is 13.3. The normalized spacial score (nSPS) is 11.9. The van der Waals surface area contributed by atoms with E-state index in [2.05, 4.69) is 16.8 Å². The number of nitrogens with one attached hydrogen (secondary N) is 1. The Morgan fingerprint density at radius 1 is 1.33 bits per heavy atom. The number of aryl methyl sites for hydroxylation is 1. The van der Waals surface area contributed by atoms with Crippen LogP contribution in [0.5, 0.6) is 5.75 Å². The van der Waals surface area contributed by atoms with Gasteiger partial charge in [-0.05, 0) is 43.0 Å². The number of ether oxygens (including phenoxy) is 1. The van der Waals surface area contributed by atoms with Gasteiger partial charge in [-0.1, -0.05) is 18.2 Å². The lowest BCUT2D eigenvalue weighted by Crippen LogP contribution is -2.34. The van der Waals surface area contributed by atoms with Crippen LogP contribution in [0, 0.1) is 6.92 Å². The number of amides is 1. The number of benzene rings is 1. The Bertz CT molecular complexity index is 566. The second-order valence-corrected chi connectivity index (χ2v) is 6.20. The van der Waals surface area contributed by atoms with E-state index in [1.54, 1.807) is 11.3 Å². The van der Waals surface area contributed by atoms with Crippen molar-refractivity contribution in [2.75, 3.05) is 6.61 Å². The second-order valence-electron chi connectivity index (χ2n) is 5.17. The third kappa shape index (κ3) is 5.60. The summed E-state index contributed by atoms with van der Waals surface area (Å²) >= 11 is 1.72. The van der Waals surface area contributed by atoms with E-state index in [9.17, 15) is 4.79 Å². The predicted molar refractivity (Wildman–Crippen MR) is 86.9 cm³/mol. The molecule has 0 fully saturated rings. The van der Waals surface area contributed by atoms with Crippen LogP contribution >= 0.6 is 11.3 Å². The lowest BCUT2D eigenvalue weighted by atomic mass is 10.2. The number of thiophene rings is 1. The maximum Gasteiger partial charge on any atom is 0.223 e. The summed E-state index contributed by atoms with van der Waals surface area (Å²) in [5.41, 5.74) is 1.15. The first-order chi connectivity index (χ1) is 10.1. The molecular formula is C17H21NO2S. The standard InChI is InChI=1S/C17H21NO2S/c1-13-5-3-6-15(11-13)20-9-8-17(19)18-14(2)12-16-7-4-10-21-16/h3-7,10-11,14H,8-9,12H2,1-2H3,(H,18,19). The first kappa shape index (κ1) is 15.6. The van der Waals surface area contributed by atoms with Gasteiger partial charge in [-0.3, -0.25) is 4.79 Å². The average Bonchev–Trinajstić information content (AvgIpc) is 2.91. The molecule has 1 amide bonds. The Kier molecular flexibility index (Phi) is 5.81. The SMILES string of the molecule is Cc1cccc(OCCC(=O)NC(C)Cc2cccs2)c1. The van der Waals surface area contributed by atoms with E-state index in [1.807, 2.05) is 44.2 Å². The molecule has 112 valence electrons. The predicted octanol–water partition coefficient (Wildman–Crippen LogP) is 3.57. The topological polar surface area (TPSA) is 38.3 Å². The highest BCUT2D eigenvalue weighted by Crippen LogP contribution is 2.13. The molecule has 1 aromatic heterocycles. The van der Waals surface area contributed by atoms with E-state index >= 15 is 0 Å². The molecule has 0 saturated heterocycles. The summed E-state index contributed by atoms with van der Waals surface area (Å²) < 4.78 is 5.59. The van der Waals surface area contributed by atoms with Gasteiger partial charge in [-0.2, -0.15) is 0 Å². The smallest absolute Gasteiger partial charge is 0.223 e. The molecule has 0 bridgehead atoms. The molecule has 0 spiro atoms. The minimum absolute atomic E-state index is 0.0340. The molecule has 0 aliphatic heterocycles. The Balaban J connectivity index is 1.67. The van der Waals surface area contributed by atoms with Crippen LogP contribution in [0.25, 0.3) is 0 Å². The summed E-state index contributed by atoms with van der Waals surface area (Å²) in [6.07, 6.45) is 1.25. The molecule has 0 saturated carbocycles. The van der Waals surface area contributed by atoms with Crippen LogP contribution in [-0.2, 0) is 11.2 Å². The molecule has 0 aliphatic rings. The minimum atomic E-state index is 0.0340. The zero-order valence-electron chi connectivity index (χ0n) is 12.5. The quantitative estimate of drug-likeness (QED) is 0.849. The zero-order chi connectivity index (χ0) is 15.1. The van der Waals surface area contributed by atoms with Gasteiger partial charge in [0, 0.05) is 17.3 Å². The fraction of sp³-hybridized carbons (Fsp3) is 0.353. The van der Waals surface area contributed by atoms with E-state index in [4.69, 9.17) is 4.74 Å². The van der Waals surface area contributed by atoms with Crippen molar-refractivity contribution in [1.82, 2.24) is 5.32 Å². The van der Waals surface area contributed by atoms with E-state index in [0.29, 0.717) is 13.0 Å². The summed E-state index contributed by atoms with van der Waals surface area (Å²) in [5.74, 6) is 0.848. The second kappa shape index (κ2) is 7.84. The molecule has 2 rings (SSSR count). The van der Waals surface area contributed by atoms with Crippen LogP contribution in [-0.4, -0.2) is 18.6 Å². The van der Waals surface area contributed by atoms with Gasteiger partial charge in [-0.15, -0.1) is 11.3 Å². The number of hydrogen-bond acceptors (Lipinski definition) is 3. The highest BCUT2D eigenvalue weighted by atomic mass is 32.1. The van der Waals surface area contributed by atoms with Crippen LogP contribution < -0.4 is 10.1 Å². The van der Waals surface area contributed by atoms with Crippen LogP contribution in [0.1, 0.15) is 23.8 Å². The first-order valence-electron chi connectivity index (χ1n) is 7.14. The molecule has 0 aliphatic carbocycles. The van der Waals surface area contributed by atoms with Gasteiger partial charge in [0.15, 0.2) is 0 Å². The Labute approximate surface area is 130 Å². The average molecular weight is 303 g/mol. The van der Waals surface area contributed by atoms with E-state index < -0.39 is 0 Å². The van der Waals surface area contributed by atoms with Crippen molar-refractivity contribution in [3.05, 3.63) is 52.2 Å². The van der Waals surface area contributed by atoms with Gasteiger partial charge in [0.25, 0.3) is 0 Å². The molecule has 3 nitrogen and oxygen atoms in total. The summed E-state index contributed by atoms with van der Waals surface area (Å²) in [6.45, 7) is 4.45. The van der Waals surface area contributed by atoms with Gasteiger partial charge in [0.2, 0.25) is 5.91 Å². The van der Waals surface area contributed by atoms with Gasteiger partial charge in [0.05, 0.1) is 13.0 Å². The van der Waals surface area contributed by atoms with Crippen molar-refractivity contribution >= 4 is 17.2 Å². The maximum absolute atomic E-state index is 11.9. The molecule has 1 heterocycles. The Morgan fingerprint density at radius 3 is 2.90 bits per heavy atom. The fourth-order valence-corrected chi connectivity index (χ4v) is 2.93. The molecule has 1 aromatic carbocycles. The highest BCUT2D eigenvalue weighted by molar-refractivity contribution is 7.09. The molecule has 2 aromatic rings. The molecule has 4 heteroatoms. The van der Waals surface area contributed by atoms with Crippen molar-refractivity contribution in [1.29, 1.82) is 0 Å². The summed E-state index contributed by atoms with van der Waals surface area (Å²) in [5, 5.41) is 5.06. The maximum atomic E-state index is 11.9. The van der Waals surface area contributed by atoms with Gasteiger partial charge in [0.1, 0.15) is 5.75 Å². The highest BCUT2D eigenvalue weighted by Gasteiger charge is 2.09. The van der Waals surface area contributed by atoms with Gasteiger partial charge in [-0.25, -0.2) is 0 Å². The molecule has 21 heavy (non-hydrogen) atoms. The van der Waals surface area contributed by atoms with Crippen LogP contribution in [0.2, 0.25) is 0 Å². The van der Waals surface area contributed by atoms with Gasteiger partial charge >= 0.3 is 0 Å². The lowest BCUT2D eigenvalue weighted by Gasteiger charge is -2.13. The monoisotopic (exact) mass is 303 g/mol. The van der Waals surface area contributed by atoms with E-state index in [1.165, 1.54) is 4.88 Å². The van der Waals surface area contributed by atoms with Crippen LogP contribution in [0.3, 0.4) is 0 Å². The third-order valence-corrected chi connectivity index (χ3v) is 3.98. The van der Waals surface area contributed by atoms with Gasteiger partial charge < -0.3 is 10.1 Å². The molecule has 0 radical (unpaired) electrons. The van der Waals surface area contributed by atoms with E-state index in [0.717, 1.165) is 17.7 Å². The Morgan fingerprint density at radius 2 is 2.19 bits per heavy atom. The fourth-order valence-electron chi connectivity index (χ4n) is 2.10. The number of hydrogen-bond donors (Lipinski definition) is 1. The van der Waals surface area contributed by atoms with E-state index in [-0.39, 0.29) is 11.9 Å². The molecule has 1 atom stereocenters. The summed E-state index contributed by atoms with van der Waals surface area (Å²) in [6, 6.07) is 12.1. The van der Waals surface area contributed by atoms with Crippen molar-refractivity contribution in [3.8, 4) is 5.75 Å². The van der Waals surface area contributed by atoms with Crippen LogP contribution in [0.4, 0.5) is 0 Å². The molecule has 1 N–H and O–H groups in total. The minimum Gasteiger partial charge on any atom is -0.493 e. The number of carbonyl (C=O) groups is 1. The largest absolute Gasteiger partial charge is 0.493 e. The van der Waals surface area contributed by atoms with Crippen molar-refractivity contribution in [2.24, 2.45) is 0 Å². The van der Waals surface area contributed by atoms with Crippen molar-refractivity contribution in [3.63, 3.8) is 0 Å². The first-order valence-corrected chi connectivity index (χ1v) is 8.02. The van der Waals surface area contributed by atoms with Crippen molar-refractivity contribution < 1.29 is 9.53 Å². The molecule has 1 unspecified atom stereocenters. The van der Waals surface area contributed by atoms with Crippen LogP contribution in [0.15, 0.2) is 41.8 Å². The third-order valence-electron chi connectivity index (χ3n) is 3.08.